The quantitative estimate of drug-likeness (QED) is 0.319. The van der Waals surface area contributed by atoms with Crippen LogP contribution in [0.5, 0.6) is 0 Å². The van der Waals surface area contributed by atoms with E-state index >= 15 is 0 Å². The van der Waals surface area contributed by atoms with Gasteiger partial charge in [-0.25, -0.2) is 9.24 Å². The second kappa shape index (κ2) is 10.0. The maximum absolute atomic E-state index is 12.7. The molecular formula is C10H24NO9PS2. The summed E-state index contributed by atoms with van der Waals surface area (Å²) >= 11 is 0. The molecule has 0 unspecified atom stereocenters. The minimum absolute atomic E-state index is 0.0909. The highest BCUT2D eigenvalue weighted by atomic mass is 32.2. The molecule has 0 N–H and O–H groups in total. The molecule has 0 aliphatic rings. The van der Waals surface area contributed by atoms with Crippen LogP contribution in [0.4, 0.5) is 0 Å². The van der Waals surface area contributed by atoms with Gasteiger partial charge in [0.15, 0.2) is 0 Å². The summed E-state index contributed by atoms with van der Waals surface area (Å²) in [7, 11) is -11.0. The Balaban J connectivity index is 4.98. The van der Waals surface area contributed by atoms with Gasteiger partial charge in [0.25, 0.3) is 20.2 Å². The van der Waals surface area contributed by atoms with Gasteiger partial charge >= 0.3 is 7.75 Å². The minimum atomic E-state index is -3.71. The van der Waals surface area contributed by atoms with E-state index in [9.17, 15) is 21.4 Å². The Labute approximate surface area is 137 Å². The first-order valence-corrected chi connectivity index (χ1v) is 11.9. The molecular weight excluding hydrogens is 373 g/mol. The van der Waals surface area contributed by atoms with E-state index in [0.29, 0.717) is 0 Å². The van der Waals surface area contributed by atoms with Crippen LogP contribution in [0, 0.1) is 0 Å². The van der Waals surface area contributed by atoms with Crippen molar-refractivity contribution in [1.29, 1.82) is 0 Å². The summed E-state index contributed by atoms with van der Waals surface area (Å²) in [4.78, 5) is 0. The lowest BCUT2D eigenvalue weighted by Gasteiger charge is -2.29. The maximum Gasteiger partial charge on any atom is 0.408 e. The van der Waals surface area contributed by atoms with Crippen molar-refractivity contribution in [3.8, 4) is 0 Å². The molecule has 0 amide bonds. The fraction of sp³-hybridized carbons (Fsp3) is 1.00. The molecule has 0 rings (SSSR count). The van der Waals surface area contributed by atoms with Crippen LogP contribution in [0.2, 0.25) is 0 Å². The Morgan fingerprint density at radius 3 is 1.43 bits per heavy atom. The van der Waals surface area contributed by atoms with Crippen LogP contribution < -0.4 is 0 Å². The number of rotatable bonds is 13. The van der Waals surface area contributed by atoms with Crippen LogP contribution in [-0.4, -0.2) is 73.5 Å². The Bertz CT molecular complexity index is 541. The summed E-state index contributed by atoms with van der Waals surface area (Å²) in [6.45, 7) is 2.60. The molecule has 0 bridgehead atoms. The molecule has 0 aliphatic carbocycles. The van der Waals surface area contributed by atoms with Crippen molar-refractivity contribution in [2.24, 2.45) is 0 Å². The van der Waals surface area contributed by atoms with Crippen LogP contribution in [0.1, 0.15) is 13.8 Å². The predicted octanol–water partition coefficient (Wildman–Crippen LogP) is 0.422. The molecule has 0 fully saturated rings. The van der Waals surface area contributed by atoms with Gasteiger partial charge in [0.1, 0.15) is 0 Å². The van der Waals surface area contributed by atoms with Crippen molar-refractivity contribution in [3.05, 3.63) is 0 Å². The fourth-order valence-electron chi connectivity index (χ4n) is 1.47. The van der Waals surface area contributed by atoms with Gasteiger partial charge in [0, 0.05) is 13.1 Å². The Morgan fingerprint density at radius 1 is 0.826 bits per heavy atom. The third-order valence-electron chi connectivity index (χ3n) is 2.22. The van der Waals surface area contributed by atoms with Gasteiger partial charge in [-0.15, -0.1) is 0 Å². The summed E-state index contributed by atoms with van der Waals surface area (Å²) in [5.74, 6) is 0. The molecule has 0 spiro atoms. The van der Waals surface area contributed by atoms with Crippen molar-refractivity contribution < 1.29 is 38.8 Å². The Morgan fingerprint density at radius 2 is 1.17 bits per heavy atom. The molecule has 13 heteroatoms. The van der Waals surface area contributed by atoms with E-state index in [0.717, 1.165) is 12.5 Å². The van der Waals surface area contributed by atoms with Crippen LogP contribution in [0.25, 0.3) is 0 Å². The first kappa shape index (κ1) is 22.9. The molecule has 23 heavy (non-hydrogen) atoms. The van der Waals surface area contributed by atoms with E-state index < -0.39 is 28.0 Å². The van der Waals surface area contributed by atoms with Crippen molar-refractivity contribution in [2.45, 2.75) is 13.8 Å². The fourth-order valence-corrected chi connectivity index (χ4v) is 3.93. The number of hydrogen-bond acceptors (Lipinski definition) is 9. The van der Waals surface area contributed by atoms with Gasteiger partial charge in [0.2, 0.25) is 0 Å². The lowest BCUT2D eigenvalue weighted by Crippen LogP contribution is -2.31. The molecule has 10 nitrogen and oxygen atoms in total. The van der Waals surface area contributed by atoms with Crippen molar-refractivity contribution in [1.82, 2.24) is 4.67 Å². The lowest BCUT2D eigenvalue weighted by molar-refractivity contribution is 0.147. The highest BCUT2D eigenvalue weighted by Crippen LogP contribution is 2.51. The average molecular weight is 397 g/mol. The van der Waals surface area contributed by atoms with Crippen molar-refractivity contribution in [3.63, 3.8) is 0 Å². The van der Waals surface area contributed by atoms with E-state index in [1.807, 2.05) is 0 Å². The zero-order valence-corrected chi connectivity index (χ0v) is 16.2. The average Bonchev–Trinajstić information content (AvgIpc) is 2.34. The van der Waals surface area contributed by atoms with E-state index in [-0.39, 0.29) is 39.5 Å². The lowest BCUT2D eigenvalue weighted by atomic mass is 10.6. The largest absolute Gasteiger partial charge is 0.408 e. The maximum atomic E-state index is 12.7. The number of nitrogens with zero attached hydrogens (tertiary/aromatic N) is 1. The van der Waals surface area contributed by atoms with Crippen LogP contribution in [0.3, 0.4) is 0 Å². The van der Waals surface area contributed by atoms with Gasteiger partial charge in [0.05, 0.1) is 38.9 Å². The minimum Gasteiger partial charge on any atom is -0.297 e. The topological polar surface area (TPSA) is 126 Å². The first-order chi connectivity index (χ1) is 10.4. The third kappa shape index (κ3) is 11.2. The molecule has 140 valence electrons. The van der Waals surface area contributed by atoms with E-state index in [1.54, 1.807) is 13.8 Å². The molecule has 0 saturated carbocycles. The molecule has 0 atom stereocenters. The molecule has 0 aromatic carbocycles. The summed E-state index contributed by atoms with van der Waals surface area (Å²) in [6, 6.07) is 0. The SMILES string of the molecule is CCOP(=O)(OCC)N(CCOS(C)(=O)=O)CCOS(C)(=O)=O. The predicted molar refractivity (Wildman–Crippen MR) is 84.0 cm³/mol. The van der Waals surface area contributed by atoms with E-state index in [1.165, 1.54) is 4.67 Å². The second-order valence-electron chi connectivity index (χ2n) is 4.31. The smallest absolute Gasteiger partial charge is 0.297 e. The van der Waals surface area contributed by atoms with Crippen LogP contribution in [0.15, 0.2) is 0 Å². The van der Waals surface area contributed by atoms with Crippen molar-refractivity contribution in [2.75, 3.05) is 52.0 Å². The molecule has 0 heterocycles. The van der Waals surface area contributed by atoms with Gasteiger partial charge in [-0.05, 0) is 13.8 Å². The van der Waals surface area contributed by atoms with Crippen LogP contribution in [-0.2, 0) is 42.2 Å². The molecule has 0 radical (unpaired) electrons. The number of hydrogen-bond donors (Lipinski definition) is 0. The summed E-state index contributed by atoms with van der Waals surface area (Å²) in [5.41, 5.74) is 0. The standard InChI is InChI=1S/C10H24NO9PS2/c1-5-17-21(12,18-6-2)11(7-9-19-22(3,13)14)8-10-20-23(4,15)16/h5-10H2,1-4H3. The summed E-state index contributed by atoms with van der Waals surface area (Å²) in [5, 5.41) is 0. The summed E-state index contributed by atoms with van der Waals surface area (Å²) in [6.07, 6.45) is 1.77. The molecule has 0 aliphatic heterocycles. The van der Waals surface area contributed by atoms with Crippen molar-refractivity contribution >= 4 is 28.0 Å². The van der Waals surface area contributed by atoms with Gasteiger partial charge < -0.3 is 0 Å². The molecule has 0 aromatic rings. The monoisotopic (exact) mass is 397 g/mol. The van der Waals surface area contributed by atoms with E-state index in [4.69, 9.17) is 9.05 Å². The second-order valence-corrected chi connectivity index (χ2v) is 9.62. The third-order valence-corrected chi connectivity index (χ3v) is 5.68. The Kier molecular flexibility index (Phi) is 10.0. The highest BCUT2D eigenvalue weighted by molar-refractivity contribution is 7.86. The summed E-state index contributed by atoms with van der Waals surface area (Å²) < 4.78 is 77.3. The first-order valence-electron chi connectivity index (χ1n) is 6.77. The van der Waals surface area contributed by atoms with Gasteiger partial charge in [-0.3, -0.25) is 17.4 Å². The zero-order chi connectivity index (χ0) is 18.1. The van der Waals surface area contributed by atoms with E-state index in [2.05, 4.69) is 8.37 Å². The Hall–Kier alpha value is -0.0700. The van der Waals surface area contributed by atoms with Gasteiger partial charge in [-0.2, -0.15) is 16.8 Å². The zero-order valence-electron chi connectivity index (χ0n) is 13.6. The van der Waals surface area contributed by atoms with Gasteiger partial charge in [-0.1, -0.05) is 0 Å². The molecule has 0 aromatic heterocycles. The normalized spacial score (nSPS) is 13.6. The molecule has 0 saturated heterocycles. The highest BCUT2D eigenvalue weighted by Gasteiger charge is 2.33. The van der Waals surface area contributed by atoms with Crippen LogP contribution >= 0.6 is 7.75 Å².